The van der Waals surface area contributed by atoms with Crippen LogP contribution in [0.5, 0.6) is 0 Å². The molecule has 0 aromatic carbocycles. The lowest BCUT2D eigenvalue weighted by atomic mass is 10.0. The zero-order chi connectivity index (χ0) is 11.1. The first-order valence-corrected chi connectivity index (χ1v) is 6.37. The van der Waals surface area contributed by atoms with E-state index in [1.54, 1.807) is 0 Å². The number of imidazole rings is 1. The number of nitrogens with one attached hydrogen (secondary N) is 1. The van der Waals surface area contributed by atoms with Crippen LogP contribution in [0.25, 0.3) is 0 Å². The van der Waals surface area contributed by atoms with E-state index in [9.17, 15) is 0 Å². The highest BCUT2D eigenvalue weighted by Crippen LogP contribution is 2.34. The van der Waals surface area contributed by atoms with Gasteiger partial charge in [0.25, 0.3) is 0 Å². The van der Waals surface area contributed by atoms with Gasteiger partial charge < -0.3 is 15.6 Å². The minimum Gasteiger partial charge on any atom is -0.329 e. The number of nitrogens with two attached hydrogens (primary N) is 1. The van der Waals surface area contributed by atoms with E-state index in [-0.39, 0.29) is 6.04 Å². The lowest BCUT2D eigenvalue weighted by Crippen LogP contribution is -2.23. The Labute approximate surface area is 100 Å². The molecule has 0 spiro atoms. The van der Waals surface area contributed by atoms with Crippen LogP contribution >= 0.6 is 11.6 Å². The number of halogens is 1. The molecule has 5 heteroatoms. The highest BCUT2D eigenvalue weighted by molar-refractivity contribution is 6.30. The van der Waals surface area contributed by atoms with E-state index >= 15 is 0 Å². The fourth-order valence-corrected chi connectivity index (χ4v) is 3.16. The zero-order valence-electron chi connectivity index (χ0n) is 9.25. The summed E-state index contributed by atoms with van der Waals surface area (Å²) in [5.41, 5.74) is 7.15. The van der Waals surface area contributed by atoms with Crippen molar-refractivity contribution in [2.24, 2.45) is 5.73 Å². The molecule has 3 rings (SSSR count). The maximum Gasteiger partial charge on any atom is 0.152 e. The zero-order valence-corrected chi connectivity index (χ0v) is 10.0. The van der Waals surface area contributed by atoms with Gasteiger partial charge in [-0.2, -0.15) is 0 Å². The summed E-state index contributed by atoms with van der Waals surface area (Å²) in [7, 11) is 0. The highest BCUT2D eigenvalue weighted by Gasteiger charge is 2.29. The molecule has 0 amide bonds. The number of rotatable bonds is 1. The van der Waals surface area contributed by atoms with Gasteiger partial charge in [0, 0.05) is 25.0 Å². The highest BCUT2D eigenvalue weighted by atomic mass is 35.5. The van der Waals surface area contributed by atoms with Gasteiger partial charge in [0.2, 0.25) is 0 Å². The predicted octanol–water partition coefficient (Wildman–Crippen LogP) is 1.41. The first kappa shape index (κ1) is 10.6. The van der Waals surface area contributed by atoms with Gasteiger partial charge in [-0.1, -0.05) is 11.6 Å². The van der Waals surface area contributed by atoms with E-state index in [0.29, 0.717) is 11.1 Å². The lowest BCUT2D eigenvalue weighted by Gasteiger charge is -2.23. The Kier molecular flexibility index (Phi) is 2.65. The van der Waals surface area contributed by atoms with Crippen molar-refractivity contribution in [3.05, 3.63) is 16.7 Å². The number of nitrogens with zero attached hydrogens (tertiary/aromatic N) is 2. The number of aromatic nitrogens is 2. The molecule has 1 aromatic rings. The van der Waals surface area contributed by atoms with Crippen LogP contribution in [-0.4, -0.2) is 22.6 Å². The van der Waals surface area contributed by atoms with Gasteiger partial charge in [0.15, 0.2) is 5.15 Å². The third-order valence-electron chi connectivity index (χ3n) is 3.66. The number of fused-ring (bicyclic) bond motifs is 1. The smallest absolute Gasteiger partial charge is 0.152 e. The third kappa shape index (κ3) is 1.56. The molecule has 1 aromatic heterocycles. The van der Waals surface area contributed by atoms with Crippen LogP contribution < -0.4 is 11.1 Å². The van der Waals surface area contributed by atoms with Crippen molar-refractivity contribution in [1.29, 1.82) is 0 Å². The molecule has 4 nitrogen and oxygen atoms in total. The van der Waals surface area contributed by atoms with E-state index < -0.39 is 0 Å². The molecule has 1 saturated heterocycles. The van der Waals surface area contributed by atoms with E-state index in [1.165, 1.54) is 0 Å². The Balaban J connectivity index is 2.02. The van der Waals surface area contributed by atoms with Crippen molar-refractivity contribution in [1.82, 2.24) is 14.9 Å². The second-order valence-electron chi connectivity index (χ2n) is 4.74. The fraction of sp³-hybridized carbons (Fsp3) is 0.727. The quantitative estimate of drug-likeness (QED) is 0.781. The van der Waals surface area contributed by atoms with Crippen LogP contribution in [0, 0.1) is 0 Å². The van der Waals surface area contributed by atoms with Crippen molar-refractivity contribution in [3.8, 4) is 0 Å². The standard InChI is InChI=1S/C11H17ClN4/c12-10-9-8(13)2-1-5-16(9)11(15-10)7-3-4-14-6-7/h7-8,14H,1-6,13H2. The van der Waals surface area contributed by atoms with Crippen molar-refractivity contribution in [2.75, 3.05) is 13.1 Å². The van der Waals surface area contributed by atoms with E-state index in [1.807, 2.05) is 0 Å². The molecule has 3 N–H and O–H groups in total. The molecule has 2 aliphatic rings. The SMILES string of the molecule is NC1CCCn2c(C3CCNC3)nc(Cl)c21. The average Bonchev–Trinajstić information content (AvgIpc) is 2.86. The van der Waals surface area contributed by atoms with Crippen LogP contribution in [0.15, 0.2) is 0 Å². The molecule has 2 aliphatic heterocycles. The summed E-state index contributed by atoms with van der Waals surface area (Å²) in [6, 6.07) is 0.0665. The second kappa shape index (κ2) is 4.02. The number of hydrogen-bond donors (Lipinski definition) is 2. The van der Waals surface area contributed by atoms with Crippen LogP contribution in [0.4, 0.5) is 0 Å². The Morgan fingerprint density at radius 2 is 2.31 bits per heavy atom. The molecule has 1 fully saturated rings. The summed E-state index contributed by atoms with van der Waals surface area (Å²) in [5, 5.41) is 3.99. The van der Waals surface area contributed by atoms with Gasteiger partial charge in [-0.05, 0) is 25.8 Å². The molecular weight excluding hydrogens is 224 g/mol. The van der Waals surface area contributed by atoms with Crippen LogP contribution in [0.3, 0.4) is 0 Å². The lowest BCUT2D eigenvalue weighted by molar-refractivity contribution is 0.443. The summed E-state index contributed by atoms with van der Waals surface area (Å²) in [6.45, 7) is 3.12. The van der Waals surface area contributed by atoms with E-state index in [4.69, 9.17) is 17.3 Å². The molecule has 0 aliphatic carbocycles. The van der Waals surface area contributed by atoms with E-state index in [2.05, 4.69) is 14.9 Å². The molecule has 2 atom stereocenters. The van der Waals surface area contributed by atoms with Crippen molar-refractivity contribution >= 4 is 11.6 Å². The molecule has 2 unspecified atom stereocenters. The Morgan fingerprint density at radius 3 is 3.06 bits per heavy atom. The van der Waals surface area contributed by atoms with Gasteiger partial charge in [-0.3, -0.25) is 0 Å². The minimum atomic E-state index is 0.0665. The molecule has 3 heterocycles. The van der Waals surface area contributed by atoms with Crippen molar-refractivity contribution in [3.63, 3.8) is 0 Å². The summed E-state index contributed by atoms with van der Waals surface area (Å²) in [6.07, 6.45) is 3.31. The molecule has 0 bridgehead atoms. The van der Waals surface area contributed by atoms with Gasteiger partial charge in [-0.15, -0.1) is 0 Å². The predicted molar refractivity (Wildman–Crippen MR) is 63.6 cm³/mol. The van der Waals surface area contributed by atoms with Crippen molar-refractivity contribution in [2.45, 2.75) is 37.8 Å². The van der Waals surface area contributed by atoms with Gasteiger partial charge in [0.05, 0.1) is 5.69 Å². The van der Waals surface area contributed by atoms with Gasteiger partial charge >= 0.3 is 0 Å². The van der Waals surface area contributed by atoms with Crippen LogP contribution in [-0.2, 0) is 6.54 Å². The first-order valence-electron chi connectivity index (χ1n) is 5.99. The summed E-state index contributed by atoms with van der Waals surface area (Å²) in [5.74, 6) is 1.65. The Bertz CT molecular complexity index is 395. The third-order valence-corrected chi connectivity index (χ3v) is 3.94. The average molecular weight is 241 g/mol. The first-order chi connectivity index (χ1) is 7.77. The maximum absolute atomic E-state index is 6.20. The summed E-state index contributed by atoms with van der Waals surface area (Å²) < 4.78 is 2.26. The monoisotopic (exact) mass is 240 g/mol. The molecular formula is C11H17ClN4. The maximum atomic E-state index is 6.20. The van der Waals surface area contributed by atoms with E-state index in [0.717, 1.165) is 50.4 Å². The van der Waals surface area contributed by atoms with Crippen LogP contribution in [0.2, 0.25) is 5.15 Å². The summed E-state index contributed by atoms with van der Waals surface area (Å²) >= 11 is 6.20. The topological polar surface area (TPSA) is 55.9 Å². The van der Waals surface area contributed by atoms with Crippen LogP contribution in [0.1, 0.15) is 42.7 Å². The molecule has 16 heavy (non-hydrogen) atoms. The fourth-order valence-electron chi connectivity index (χ4n) is 2.83. The largest absolute Gasteiger partial charge is 0.329 e. The molecule has 0 saturated carbocycles. The molecule has 88 valence electrons. The second-order valence-corrected chi connectivity index (χ2v) is 5.09. The van der Waals surface area contributed by atoms with Gasteiger partial charge in [-0.25, -0.2) is 4.98 Å². The normalized spacial score (nSPS) is 29.4. The molecule has 0 radical (unpaired) electrons. The number of hydrogen-bond acceptors (Lipinski definition) is 3. The Hall–Kier alpha value is -0.580. The van der Waals surface area contributed by atoms with Gasteiger partial charge in [0.1, 0.15) is 5.82 Å². The summed E-state index contributed by atoms with van der Waals surface area (Å²) in [4.78, 5) is 4.53. The van der Waals surface area contributed by atoms with Crippen molar-refractivity contribution < 1.29 is 0 Å². The minimum absolute atomic E-state index is 0.0665. The Morgan fingerprint density at radius 1 is 1.44 bits per heavy atom.